The standard InChI is InChI=1S/C22H32N4O2/c1-3-28-19-14-18(22(19)11-5-12-22)25-21(23-2)24-15-16-7-9-17(10-8-16)26-13-4-6-20(26)27/h7-10,18-19H,3-6,11-15H2,1-2H3,(H2,23,24,25). The maximum atomic E-state index is 11.9. The number of carbonyl (C=O) groups excluding carboxylic acids is 1. The molecule has 2 saturated carbocycles. The summed E-state index contributed by atoms with van der Waals surface area (Å²) in [6, 6.07) is 8.70. The zero-order valence-electron chi connectivity index (χ0n) is 17.0. The van der Waals surface area contributed by atoms with Crippen LogP contribution in [0.3, 0.4) is 0 Å². The molecule has 1 heterocycles. The van der Waals surface area contributed by atoms with Gasteiger partial charge in [0.2, 0.25) is 5.91 Å². The molecular weight excluding hydrogens is 352 g/mol. The second-order valence-electron chi connectivity index (χ2n) is 8.20. The smallest absolute Gasteiger partial charge is 0.227 e. The zero-order valence-corrected chi connectivity index (χ0v) is 17.0. The number of hydrogen-bond acceptors (Lipinski definition) is 3. The van der Waals surface area contributed by atoms with Crippen LogP contribution in [0.5, 0.6) is 0 Å². The summed E-state index contributed by atoms with van der Waals surface area (Å²) in [5, 5.41) is 7.06. The van der Waals surface area contributed by atoms with Crippen LogP contribution >= 0.6 is 0 Å². The second-order valence-corrected chi connectivity index (χ2v) is 8.20. The van der Waals surface area contributed by atoms with Gasteiger partial charge in [-0.15, -0.1) is 0 Å². The number of aliphatic imine (C=N–C) groups is 1. The van der Waals surface area contributed by atoms with E-state index in [-0.39, 0.29) is 5.91 Å². The Hall–Kier alpha value is -2.08. The number of ether oxygens (including phenoxy) is 1. The fraction of sp³-hybridized carbons (Fsp3) is 0.636. The molecule has 2 aliphatic carbocycles. The van der Waals surface area contributed by atoms with E-state index >= 15 is 0 Å². The molecule has 2 N–H and O–H groups in total. The van der Waals surface area contributed by atoms with Crippen molar-refractivity contribution in [2.75, 3.05) is 25.1 Å². The van der Waals surface area contributed by atoms with Crippen molar-refractivity contribution in [3.8, 4) is 0 Å². The van der Waals surface area contributed by atoms with Crippen LogP contribution in [0.1, 0.15) is 51.0 Å². The Kier molecular flexibility index (Phi) is 5.58. The van der Waals surface area contributed by atoms with Crippen LogP contribution in [0.15, 0.2) is 29.3 Å². The summed E-state index contributed by atoms with van der Waals surface area (Å²) >= 11 is 0. The highest BCUT2D eigenvalue weighted by molar-refractivity contribution is 5.95. The highest BCUT2D eigenvalue weighted by Gasteiger charge is 2.59. The first-order chi connectivity index (χ1) is 13.7. The molecule has 28 heavy (non-hydrogen) atoms. The molecule has 2 unspecified atom stereocenters. The fourth-order valence-electron chi connectivity index (χ4n) is 4.90. The lowest BCUT2D eigenvalue weighted by Gasteiger charge is -2.61. The molecule has 0 radical (unpaired) electrons. The minimum Gasteiger partial charge on any atom is -0.378 e. The molecule has 3 fully saturated rings. The Balaban J connectivity index is 1.30. The van der Waals surface area contributed by atoms with Crippen molar-refractivity contribution >= 4 is 17.6 Å². The molecule has 0 bridgehead atoms. The molecule has 0 aromatic heterocycles. The van der Waals surface area contributed by atoms with Gasteiger partial charge in [-0.2, -0.15) is 0 Å². The maximum absolute atomic E-state index is 11.9. The summed E-state index contributed by atoms with van der Waals surface area (Å²) in [6.07, 6.45) is 6.90. The molecule has 1 aromatic rings. The monoisotopic (exact) mass is 384 g/mol. The van der Waals surface area contributed by atoms with E-state index in [9.17, 15) is 4.79 Å². The Morgan fingerprint density at radius 2 is 2.07 bits per heavy atom. The highest BCUT2D eigenvalue weighted by atomic mass is 16.5. The quantitative estimate of drug-likeness (QED) is 0.585. The van der Waals surface area contributed by atoms with Crippen LogP contribution in [0.25, 0.3) is 0 Å². The summed E-state index contributed by atoms with van der Waals surface area (Å²) in [6.45, 7) is 4.42. The lowest BCUT2D eigenvalue weighted by Crippen LogP contribution is -2.68. The third-order valence-corrected chi connectivity index (χ3v) is 6.75. The van der Waals surface area contributed by atoms with Gasteiger partial charge in [0.1, 0.15) is 0 Å². The number of rotatable bonds is 6. The van der Waals surface area contributed by atoms with Crippen LogP contribution in [0.4, 0.5) is 5.69 Å². The number of amides is 1. The minimum atomic E-state index is 0.228. The van der Waals surface area contributed by atoms with E-state index in [0.717, 1.165) is 37.6 Å². The molecular formula is C22H32N4O2. The molecule has 6 nitrogen and oxygen atoms in total. The Labute approximate surface area is 167 Å². The normalized spacial score (nSPS) is 26.1. The van der Waals surface area contributed by atoms with Gasteiger partial charge < -0.3 is 20.3 Å². The maximum Gasteiger partial charge on any atom is 0.227 e. The molecule has 1 aliphatic heterocycles. The van der Waals surface area contributed by atoms with E-state index in [0.29, 0.717) is 30.5 Å². The number of nitrogens with zero attached hydrogens (tertiary/aromatic N) is 2. The molecule has 1 amide bonds. The summed E-state index contributed by atoms with van der Waals surface area (Å²) in [5.74, 6) is 1.08. The van der Waals surface area contributed by atoms with Gasteiger partial charge >= 0.3 is 0 Å². The first kappa shape index (κ1) is 19.2. The van der Waals surface area contributed by atoms with E-state index < -0.39 is 0 Å². The lowest BCUT2D eigenvalue weighted by atomic mass is 9.51. The van der Waals surface area contributed by atoms with Gasteiger partial charge in [0, 0.05) is 50.3 Å². The van der Waals surface area contributed by atoms with E-state index in [1.807, 2.05) is 24.1 Å². The van der Waals surface area contributed by atoms with Crippen LogP contribution in [0, 0.1) is 5.41 Å². The topological polar surface area (TPSA) is 66.0 Å². The number of carbonyl (C=O) groups is 1. The number of hydrogen-bond donors (Lipinski definition) is 2. The molecule has 1 aromatic carbocycles. The van der Waals surface area contributed by atoms with E-state index in [4.69, 9.17) is 4.74 Å². The number of nitrogens with one attached hydrogen (secondary N) is 2. The van der Waals surface area contributed by atoms with Gasteiger partial charge in [-0.3, -0.25) is 9.79 Å². The van der Waals surface area contributed by atoms with Crippen molar-refractivity contribution in [1.29, 1.82) is 0 Å². The Morgan fingerprint density at radius 1 is 1.29 bits per heavy atom. The Bertz CT molecular complexity index is 727. The van der Waals surface area contributed by atoms with Gasteiger partial charge in [0.15, 0.2) is 5.96 Å². The average Bonchev–Trinajstić information content (AvgIpc) is 3.08. The van der Waals surface area contributed by atoms with Crippen LogP contribution in [-0.2, 0) is 16.1 Å². The van der Waals surface area contributed by atoms with Gasteiger partial charge in [-0.25, -0.2) is 0 Å². The van der Waals surface area contributed by atoms with Gasteiger partial charge in [0.05, 0.1) is 6.10 Å². The molecule has 1 spiro atoms. The largest absolute Gasteiger partial charge is 0.378 e. The lowest BCUT2D eigenvalue weighted by molar-refractivity contribution is -0.168. The van der Waals surface area contributed by atoms with E-state index in [1.165, 1.54) is 24.8 Å². The number of anilines is 1. The summed E-state index contributed by atoms with van der Waals surface area (Å²) in [4.78, 5) is 18.2. The second kappa shape index (κ2) is 8.11. The van der Waals surface area contributed by atoms with Crippen LogP contribution < -0.4 is 15.5 Å². The van der Waals surface area contributed by atoms with E-state index in [1.54, 1.807) is 0 Å². The Morgan fingerprint density at radius 3 is 2.64 bits per heavy atom. The van der Waals surface area contributed by atoms with E-state index in [2.05, 4.69) is 34.7 Å². The third kappa shape index (κ3) is 3.50. The number of guanidine groups is 1. The van der Waals surface area contributed by atoms with Crippen molar-refractivity contribution in [2.24, 2.45) is 10.4 Å². The minimum absolute atomic E-state index is 0.228. The molecule has 6 heteroatoms. The molecule has 3 aliphatic rings. The van der Waals surface area contributed by atoms with Crippen molar-refractivity contribution in [1.82, 2.24) is 10.6 Å². The fourth-order valence-corrected chi connectivity index (χ4v) is 4.90. The highest BCUT2D eigenvalue weighted by Crippen LogP contribution is 2.57. The zero-order chi connectivity index (χ0) is 19.6. The number of benzene rings is 1. The predicted octanol–water partition coefficient (Wildman–Crippen LogP) is 2.83. The molecule has 152 valence electrons. The molecule has 1 saturated heterocycles. The van der Waals surface area contributed by atoms with Crippen molar-refractivity contribution in [2.45, 2.75) is 64.1 Å². The predicted molar refractivity (Wildman–Crippen MR) is 111 cm³/mol. The van der Waals surface area contributed by atoms with Crippen molar-refractivity contribution in [3.63, 3.8) is 0 Å². The van der Waals surface area contributed by atoms with Crippen LogP contribution in [0.2, 0.25) is 0 Å². The third-order valence-electron chi connectivity index (χ3n) is 6.75. The van der Waals surface area contributed by atoms with Crippen molar-refractivity contribution < 1.29 is 9.53 Å². The molecule has 2 atom stereocenters. The molecule has 4 rings (SSSR count). The van der Waals surface area contributed by atoms with Gasteiger partial charge in [0.25, 0.3) is 0 Å². The summed E-state index contributed by atoms with van der Waals surface area (Å²) in [5.41, 5.74) is 2.49. The average molecular weight is 385 g/mol. The van der Waals surface area contributed by atoms with Gasteiger partial charge in [-0.1, -0.05) is 18.6 Å². The summed E-state index contributed by atoms with van der Waals surface area (Å²) < 4.78 is 5.94. The summed E-state index contributed by atoms with van der Waals surface area (Å²) in [7, 11) is 1.82. The van der Waals surface area contributed by atoms with Gasteiger partial charge in [-0.05, 0) is 50.3 Å². The van der Waals surface area contributed by atoms with Crippen LogP contribution in [-0.4, -0.2) is 44.2 Å². The van der Waals surface area contributed by atoms with Crippen molar-refractivity contribution in [3.05, 3.63) is 29.8 Å². The SMILES string of the molecule is CCOC1CC(NC(=NC)NCc2ccc(N3CCCC3=O)cc2)C12CCC2. The first-order valence-electron chi connectivity index (χ1n) is 10.6. The first-order valence-corrected chi connectivity index (χ1v) is 10.6.